The lowest BCUT2D eigenvalue weighted by Gasteiger charge is -2.07. The van der Waals surface area contributed by atoms with Crippen LogP contribution in [0.4, 0.5) is 8.78 Å². The molecule has 27 heavy (non-hydrogen) atoms. The monoisotopic (exact) mass is 371 g/mol. The number of ether oxygens (including phenoxy) is 1. The summed E-state index contributed by atoms with van der Waals surface area (Å²) < 4.78 is 31.7. The van der Waals surface area contributed by atoms with Crippen molar-refractivity contribution in [1.82, 2.24) is 15.3 Å². The number of hydrogen-bond donors (Lipinski definition) is 2. The molecule has 0 aliphatic carbocycles. The molecule has 0 fully saturated rings. The summed E-state index contributed by atoms with van der Waals surface area (Å²) in [6.45, 7) is 0.940. The van der Waals surface area contributed by atoms with Crippen molar-refractivity contribution in [3.63, 3.8) is 0 Å². The molecule has 1 aromatic heterocycles. The Morgan fingerprint density at radius 2 is 2.04 bits per heavy atom. The lowest BCUT2D eigenvalue weighted by atomic mass is 10.1. The highest BCUT2D eigenvalue weighted by Crippen LogP contribution is 2.21. The predicted octanol–water partition coefficient (Wildman–Crippen LogP) is 3.53. The van der Waals surface area contributed by atoms with E-state index in [-0.39, 0.29) is 11.5 Å². The summed E-state index contributed by atoms with van der Waals surface area (Å²) in [4.78, 5) is 20.2. The molecule has 3 aromatic rings. The van der Waals surface area contributed by atoms with E-state index < -0.39 is 11.6 Å². The minimum absolute atomic E-state index is 0.231. The fourth-order valence-electron chi connectivity index (χ4n) is 2.60. The van der Waals surface area contributed by atoms with Gasteiger partial charge in [0.15, 0.2) is 11.6 Å². The Morgan fingerprint density at radius 1 is 1.22 bits per heavy atom. The van der Waals surface area contributed by atoms with Crippen LogP contribution in [-0.4, -0.2) is 36.1 Å². The number of halogens is 2. The number of aromatic amines is 1. The van der Waals surface area contributed by atoms with Crippen molar-refractivity contribution in [3.05, 3.63) is 65.5 Å². The number of aromatic nitrogens is 2. The Morgan fingerprint density at radius 3 is 2.78 bits per heavy atom. The lowest BCUT2D eigenvalue weighted by Crippen LogP contribution is -2.26. The summed E-state index contributed by atoms with van der Waals surface area (Å²) in [6.07, 6.45) is 2.13. The summed E-state index contributed by atoms with van der Waals surface area (Å²) in [7, 11) is 1.59. The van der Waals surface area contributed by atoms with Crippen LogP contribution >= 0.6 is 0 Å². The number of benzene rings is 2. The highest BCUT2D eigenvalue weighted by Gasteiger charge is 2.16. The first-order valence-corrected chi connectivity index (χ1v) is 8.47. The van der Waals surface area contributed by atoms with Gasteiger partial charge in [0.05, 0.1) is 16.6 Å². The number of nitrogens with one attached hydrogen (secondary N) is 2. The average Bonchev–Trinajstić information content (AvgIpc) is 3.09. The van der Waals surface area contributed by atoms with E-state index in [0.29, 0.717) is 36.5 Å². The van der Waals surface area contributed by atoms with Crippen LogP contribution in [0, 0.1) is 11.6 Å². The molecule has 140 valence electrons. The molecular weight excluding hydrogens is 352 g/mol. The fraction of sp³-hybridized carbons (Fsp3) is 0.200. The van der Waals surface area contributed by atoms with Gasteiger partial charge in [0.25, 0.3) is 5.91 Å². The number of amides is 1. The van der Waals surface area contributed by atoms with Crippen molar-refractivity contribution < 1.29 is 18.3 Å². The quantitative estimate of drug-likeness (QED) is 0.493. The second-order valence-electron chi connectivity index (χ2n) is 5.94. The van der Waals surface area contributed by atoms with E-state index in [9.17, 15) is 13.6 Å². The molecule has 3 rings (SSSR count). The van der Waals surface area contributed by atoms with Gasteiger partial charge in [0, 0.05) is 20.3 Å². The second kappa shape index (κ2) is 8.55. The minimum Gasteiger partial charge on any atom is -0.385 e. The number of carbonyl (C=O) groups excluding carboxylic acids is 1. The van der Waals surface area contributed by atoms with Crippen molar-refractivity contribution in [2.75, 3.05) is 20.3 Å². The molecule has 0 spiro atoms. The van der Waals surface area contributed by atoms with Gasteiger partial charge in [-0.05, 0) is 42.3 Å². The van der Waals surface area contributed by atoms with Crippen molar-refractivity contribution in [2.24, 2.45) is 0 Å². The summed E-state index contributed by atoms with van der Waals surface area (Å²) in [6, 6.07) is 10.8. The highest BCUT2D eigenvalue weighted by atomic mass is 19.2. The van der Waals surface area contributed by atoms with Crippen LogP contribution in [-0.2, 0) is 9.53 Å². The SMILES string of the molecule is COCCCNC(=O)/C(=C/c1ccc(F)c(F)c1)c1nc2ccccc2[nH]1. The Hall–Kier alpha value is -3.06. The number of hydrogen-bond acceptors (Lipinski definition) is 3. The maximum atomic E-state index is 13.5. The number of carbonyl (C=O) groups is 1. The van der Waals surface area contributed by atoms with E-state index in [1.807, 2.05) is 24.3 Å². The van der Waals surface area contributed by atoms with E-state index in [0.717, 1.165) is 17.6 Å². The number of para-hydroxylation sites is 2. The van der Waals surface area contributed by atoms with Gasteiger partial charge in [0.2, 0.25) is 0 Å². The maximum absolute atomic E-state index is 13.5. The topological polar surface area (TPSA) is 67.0 Å². The predicted molar refractivity (Wildman–Crippen MR) is 99.8 cm³/mol. The summed E-state index contributed by atoms with van der Waals surface area (Å²) >= 11 is 0. The molecule has 0 unspecified atom stereocenters. The number of imidazole rings is 1. The Kier molecular flexibility index (Phi) is 5.93. The molecule has 0 saturated carbocycles. The third kappa shape index (κ3) is 4.57. The number of rotatable bonds is 7. The Labute approximate surface area is 155 Å². The second-order valence-corrected chi connectivity index (χ2v) is 5.94. The van der Waals surface area contributed by atoms with Crippen LogP contribution in [0.3, 0.4) is 0 Å². The van der Waals surface area contributed by atoms with Crippen molar-refractivity contribution in [2.45, 2.75) is 6.42 Å². The van der Waals surface area contributed by atoms with E-state index in [4.69, 9.17) is 4.74 Å². The first-order chi connectivity index (χ1) is 13.1. The van der Waals surface area contributed by atoms with Crippen molar-refractivity contribution in [1.29, 1.82) is 0 Å². The largest absolute Gasteiger partial charge is 0.385 e. The zero-order valence-electron chi connectivity index (χ0n) is 14.8. The standard InChI is InChI=1S/C20H19F2N3O2/c1-27-10-4-9-23-20(26)14(11-13-7-8-15(21)16(22)12-13)19-24-17-5-2-3-6-18(17)25-19/h2-3,5-8,11-12H,4,9-10H2,1H3,(H,23,26)(H,24,25)/b14-11+. The van der Waals surface area contributed by atoms with Crippen LogP contribution < -0.4 is 5.32 Å². The first kappa shape index (κ1) is 18.7. The van der Waals surface area contributed by atoms with E-state index in [1.54, 1.807) is 7.11 Å². The molecule has 0 aliphatic heterocycles. The van der Waals surface area contributed by atoms with Gasteiger partial charge in [-0.2, -0.15) is 0 Å². The van der Waals surface area contributed by atoms with Gasteiger partial charge in [-0.15, -0.1) is 0 Å². The molecule has 5 nitrogen and oxygen atoms in total. The molecule has 2 aromatic carbocycles. The molecular formula is C20H19F2N3O2. The van der Waals surface area contributed by atoms with Gasteiger partial charge in [-0.1, -0.05) is 18.2 Å². The Balaban J connectivity index is 1.95. The third-order valence-corrected chi connectivity index (χ3v) is 3.95. The van der Waals surface area contributed by atoms with E-state index in [2.05, 4.69) is 15.3 Å². The summed E-state index contributed by atoms with van der Waals surface area (Å²) in [5.74, 6) is -1.94. The maximum Gasteiger partial charge on any atom is 0.255 e. The van der Waals surface area contributed by atoms with Gasteiger partial charge in [0.1, 0.15) is 5.82 Å². The number of fused-ring (bicyclic) bond motifs is 1. The van der Waals surface area contributed by atoms with Crippen LogP contribution in [0.2, 0.25) is 0 Å². The molecule has 0 aliphatic rings. The molecule has 7 heteroatoms. The highest BCUT2D eigenvalue weighted by molar-refractivity contribution is 6.23. The van der Waals surface area contributed by atoms with Crippen molar-refractivity contribution in [3.8, 4) is 0 Å². The summed E-state index contributed by atoms with van der Waals surface area (Å²) in [5, 5.41) is 2.79. The normalized spacial score (nSPS) is 11.7. The number of H-pyrrole nitrogens is 1. The average molecular weight is 371 g/mol. The zero-order valence-corrected chi connectivity index (χ0v) is 14.8. The first-order valence-electron chi connectivity index (χ1n) is 8.47. The third-order valence-electron chi connectivity index (χ3n) is 3.95. The van der Waals surface area contributed by atoms with Gasteiger partial charge >= 0.3 is 0 Å². The van der Waals surface area contributed by atoms with Gasteiger partial charge in [-0.3, -0.25) is 4.79 Å². The van der Waals surface area contributed by atoms with Crippen LogP contribution in [0.5, 0.6) is 0 Å². The summed E-state index contributed by atoms with van der Waals surface area (Å²) in [5.41, 5.74) is 2.07. The molecule has 0 atom stereocenters. The number of methoxy groups -OCH3 is 1. The van der Waals surface area contributed by atoms with Crippen molar-refractivity contribution >= 4 is 28.6 Å². The Bertz CT molecular complexity index is 949. The zero-order chi connectivity index (χ0) is 19.2. The van der Waals surface area contributed by atoms with Crippen LogP contribution in [0.15, 0.2) is 42.5 Å². The molecule has 0 saturated heterocycles. The van der Waals surface area contributed by atoms with E-state index in [1.165, 1.54) is 12.1 Å². The molecule has 1 heterocycles. The van der Waals surface area contributed by atoms with Crippen LogP contribution in [0.1, 0.15) is 17.8 Å². The van der Waals surface area contributed by atoms with E-state index >= 15 is 0 Å². The fourth-order valence-corrected chi connectivity index (χ4v) is 2.60. The van der Waals surface area contributed by atoms with Gasteiger partial charge < -0.3 is 15.0 Å². The van der Waals surface area contributed by atoms with Gasteiger partial charge in [-0.25, -0.2) is 13.8 Å². The number of nitrogens with zero attached hydrogens (tertiary/aromatic N) is 1. The lowest BCUT2D eigenvalue weighted by molar-refractivity contribution is -0.115. The molecule has 0 bridgehead atoms. The minimum atomic E-state index is -0.979. The van der Waals surface area contributed by atoms with Crippen LogP contribution in [0.25, 0.3) is 22.7 Å². The molecule has 1 amide bonds. The molecule has 0 radical (unpaired) electrons. The molecule has 2 N–H and O–H groups in total. The smallest absolute Gasteiger partial charge is 0.255 e.